The molecule has 0 radical (unpaired) electrons. The van der Waals surface area contributed by atoms with E-state index in [0.717, 1.165) is 6.04 Å². The van der Waals surface area contributed by atoms with Gasteiger partial charge in [-0.15, -0.1) is 0 Å². The standard InChI is InChI=1S/C24H36Cl2N6O5Si/c1-18(16-37-20-15-29-32(23(34)22(20)26)17-35-11-12-38(2,3)4)36-10-5-21(33)30-6-8-31(9-7-30)24-27-13-19(25)14-28-24/h13-15,18H,5-12,16-17H2,1-4H3. The van der Waals surface area contributed by atoms with E-state index in [4.69, 9.17) is 37.4 Å². The van der Waals surface area contributed by atoms with Crippen LogP contribution in [0, 0.1) is 0 Å². The van der Waals surface area contributed by atoms with E-state index >= 15 is 0 Å². The predicted octanol–water partition coefficient (Wildman–Crippen LogP) is 3.18. The summed E-state index contributed by atoms with van der Waals surface area (Å²) < 4.78 is 18.1. The first kappa shape index (κ1) is 30.3. The fourth-order valence-electron chi connectivity index (χ4n) is 3.56. The van der Waals surface area contributed by atoms with Gasteiger partial charge in [0.25, 0.3) is 5.56 Å². The number of rotatable bonds is 13. The van der Waals surface area contributed by atoms with Crippen LogP contribution in [0.2, 0.25) is 35.7 Å². The largest absolute Gasteiger partial charge is 0.487 e. The molecular formula is C24H36Cl2N6O5Si. The van der Waals surface area contributed by atoms with Crippen LogP contribution in [-0.4, -0.2) is 90.7 Å². The maximum absolute atomic E-state index is 12.6. The number of aromatic nitrogens is 4. The summed E-state index contributed by atoms with van der Waals surface area (Å²) in [5, 5.41) is 4.52. The van der Waals surface area contributed by atoms with Gasteiger partial charge in [-0.2, -0.15) is 5.10 Å². The zero-order chi connectivity index (χ0) is 27.7. The number of hydrogen-bond donors (Lipinski definition) is 0. The van der Waals surface area contributed by atoms with Gasteiger partial charge < -0.3 is 24.0 Å². The highest BCUT2D eigenvalue weighted by Crippen LogP contribution is 2.19. The molecule has 0 spiro atoms. The topological polar surface area (TPSA) is 112 Å². The van der Waals surface area contributed by atoms with Crippen molar-refractivity contribution in [1.29, 1.82) is 0 Å². The number of piperazine rings is 1. The lowest BCUT2D eigenvalue weighted by atomic mass is 10.3. The van der Waals surface area contributed by atoms with E-state index in [1.165, 1.54) is 10.9 Å². The van der Waals surface area contributed by atoms with Crippen molar-refractivity contribution in [2.75, 3.05) is 50.9 Å². The normalized spacial score (nSPS) is 15.0. The fourth-order valence-corrected chi connectivity index (χ4v) is 4.61. The average molecular weight is 588 g/mol. The van der Waals surface area contributed by atoms with Crippen molar-refractivity contribution in [3.05, 3.63) is 39.0 Å². The molecule has 2 aromatic heterocycles. The van der Waals surface area contributed by atoms with Gasteiger partial charge in [0, 0.05) is 40.9 Å². The minimum Gasteiger partial charge on any atom is -0.487 e. The van der Waals surface area contributed by atoms with Crippen LogP contribution in [0.3, 0.4) is 0 Å². The van der Waals surface area contributed by atoms with E-state index < -0.39 is 13.6 Å². The molecule has 2 aromatic rings. The van der Waals surface area contributed by atoms with Gasteiger partial charge in [-0.3, -0.25) is 9.59 Å². The lowest BCUT2D eigenvalue weighted by Gasteiger charge is -2.34. The first-order chi connectivity index (χ1) is 18.0. The van der Waals surface area contributed by atoms with Gasteiger partial charge >= 0.3 is 0 Å². The third-order valence-corrected chi connectivity index (χ3v) is 8.12. The Morgan fingerprint density at radius 2 is 1.76 bits per heavy atom. The van der Waals surface area contributed by atoms with Gasteiger partial charge in [-0.25, -0.2) is 14.6 Å². The molecule has 38 heavy (non-hydrogen) atoms. The van der Waals surface area contributed by atoms with Crippen molar-refractivity contribution < 1.29 is 19.0 Å². The molecule has 0 aliphatic carbocycles. The van der Waals surface area contributed by atoms with Crippen molar-refractivity contribution in [1.82, 2.24) is 24.6 Å². The molecule has 0 aromatic carbocycles. The first-order valence-corrected chi connectivity index (χ1v) is 17.1. The molecule has 0 saturated carbocycles. The maximum atomic E-state index is 12.6. The molecule has 1 atom stereocenters. The lowest BCUT2D eigenvalue weighted by Crippen LogP contribution is -2.49. The summed E-state index contributed by atoms with van der Waals surface area (Å²) >= 11 is 12.0. The van der Waals surface area contributed by atoms with E-state index in [1.54, 1.807) is 12.4 Å². The molecule has 0 N–H and O–H groups in total. The summed E-state index contributed by atoms with van der Waals surface area (Å²) in [5.74, 6) is 0.818. The molecule has 1 saturated heterocycles. The average Bonchev–Trinajstić information content (AvgIpc) is 2.88. The molecule has 1 aliphatic heterocycles. The van der Waals surface area contributed by atoms with Crippen molar-refractivity contribution in [2.24, 2.45) is 0 Å². The van der Waals surface area contributed by atoms with Crippen molar-refractivity contribution in [2.45, 2.75) is 51.9 Å². The van der Waals surface area contributed by atoms with Crippen LogP contribution in [-0.2, 0) is 21.0 Å². The van der Waals surface area contributed by atoms with Crippen LogP contribution in [0.1, 0.15) is 13.3 Å². The summed E-state index contributed by atoms with van der Waals surface area (Å²) in [6.45, 7) is 12.1. The zero-order valence-corrected chi connectivity index (χ0v) is 24.9. The molecule has 1 unspecified atom stereocenters. The highest BCUT2D eigenvalue weighted by Gasteiger charge is 2.22. The van der Waals surface area contributed by atoms with E-state index in [0.29, 0.717) is 43.8 Å². The van der Waals surface area contributed by atoms with Crippen molar-refractivity contribution in [3.8, 4) is 5.75 Å². The summed E-state index contributed by atoms with van der Waals surface area (Å²) in [4.78, 5) is 37.3. The second kappa shape index (κ2) is 14.2. The summed E-state index contributed by atoms with van der Waals surface area (Å²) in [5.41, 5.74) is -0.473. The van der Waals surface area contributed by atoms with Gasteiger partial charge in [0.1, 0.15) is 13.3 Å². The van der Waals surface area contributed by atoms with Gasteiger partial charge in [0.2, 0.25) is 11.9 Å². The number of halogens is 2. The summed E-state index contributed by atoms with van der Waals surface area (Å²) in [6.07, 6.45) is 4.47. The predicted molar refractivity (Wildman–Crippen MR) is 149 cm³/mol. The first-order valence-electron chi connectivity index (χ1n) is 12.6. The number of ether oxygens (including phenoxy) is 3. The Balaban J connectivity index is 1.35. The molecular weight excluding hydrogens is 551 g/mol. The molecule has 0 bridgehead atoms. The Kier molecular flexibility index (Phi) is 11.3. The van der Waals surface area contributed by atoms with E-state index in [9.17, 15) is 9.59 Å². The van der Waals surface area contributed by atoms with E-state index in [1.807, 2.05) is 16.7 Å². The number of carbonyl (C=O) groups is 1. The number of carbonyl (C=O) groups excluding carboxylic acids is 1. The summed E-state index contributed by atoms with van der Waals surface area (Å²) in [6, 6.07) is 0.997. The zero-order valence-electron chi connectivity index (χ0n) is 22.4. The second-order valence-electron chi connectivity index (χ2n) is 10.3. The van der Waals surface area contributed by atoms with Gasteiger partial charge in [-0.05, 0) is 13.0 Å². The molecule has 3 rings (SSSR count). The van der Waals surface area contributed by atoms with Crippen LogP contribution in [0.15, 0.2) is 23.4 Å². The Morgan fingerprint density at radius 3 is 2.42 bits per heavy atom. The lowest BCUT2D eigenvalue weighted by molar-refractivity contribution is -0.133. The highest BCUT2D eigenvalue weighted by atomic mass is 35.5. The molecule has 1 fully saturated rings. The van der Waals surface area contributed by atoms with E-state index in [-0.39, 0.29) is 49.1 Å². The number of nitrogens with zero attached hydrogens (tertiary/aromatic N) is 6. The van der Waals surface area contributed by atoms with Gasteiger partial charge in [-0.1, -0.05) is 42.8 Å². The van der Waals surface area contributed by atoms with Crippen molar-refractivity contribution in [3.63, 3.8) is 0 Å². The fraction of sp³-hybridized carbons (Fsp3) is 0.625. The quantitative estimate of drug-likeness (QED) is 0.258. The third-order valence-electron chi connectivity index (χ3n) is 5.88. The number of hydrogen-bond acceptors (Lipinski definition) is 9. The Bertz CT molecular complexity index is 1110. The second-order valence-corrected chi connectivity index (χ2v) is 16.7. The molecule has 11 nitrogen and oxygen atoms in total. The van der Waals surface area contributed by atoms with E-state index in [2.05, 4.69) is 34.7 Å². The van der Waals surface area contributed by atoms with Gasteiger partial charge in [0.15, 0.2) is 10.8 Å². The minimum absolute atomic E-state index is 0.0257. The number of amides is 1. The maximum Gasteiger partial charge on any atom is 0.291 e. The Hall–Kier alpha value is -2.25. The number of anilines is 1. The van der Waals surface area contributed by atoms with Crippen LogP contribution >= 0.6 is 23.2 Å². The Morgan fingerprint density at radius 1 is 1.08 bits per heavy atom. The molecule has 210 valence electrons. The van der Waals surface area contributed by atoms with Crippen LogP contribution in [0.4, 0.5) is 5.95 Å². The van der Waals surface area contributed by atoms with Crippen LogP contribution in [0.25, 0.3) is 0 Å². The third kappa shape index (κ3) is 9.49. The molecule has 14 heteroatoms. The smallest absolute Gasteiger partial charge is 0.291 e. The monoisotopic (exact) mass is 586 g/mol. The summed E-state index contributed by atoms with van der Waals surface area (Å²) in [7, 11) is -1.21. The molecule has 3 heterocycles. The SMILES string of the molecule is CC(COc1cnn(COCC[Si](C)(C)C)c(=O)c1Cl)OCCC(=O)N1CCN(c2ncc(Cl)cn2)CC1. The molecule has 1 aliphatic rings. The Labute approximate surface area is 234 Å². The highest BCUT2D eigenvalue weighted by molar-refractivity contribution is 6.76. The van der Waals surface area contributed by atoms with Crippen LogP contribution < -0.4 is 15.2 Å². The molecule has 1 amide bonds. The van der Waals surface area contributed by atoms with Gasteiger partial charge in [0.05, 0.1) is 42.7 Å². The minimum atomic E-state index is -1.21. The van der Waals surface area contributed by atoms with Crippen molar-refractivity contribution >= 4 is 43.1 Å². The van der Waals surface area contributed by atoms with Crippen LogP contribution in [0.5, 0.6) is 5.75 Å².